The fourth-order valence-electron chi connectivity index (χ4n) is 1.15. The molecule has 20 heavy (non-hydrogen) atoms. The van der Waals surface area contributed by atoms with Crippen LogP contribution < -0.4 is 0 Å². The van der Waals surface area contributed by atoms with Gasteiger partial charge in [0, 0.05) is 19.6 Å². The van der Waals surface area contributed by atoms with Crippen LogP contribution in [0, 0.1) is 11.3 Å². The van der Waals surface area contributed by atoms with Crippen LogP contribution in [-0.4, -0.2) is 4.98 Å². The lowest BCUT2D eigenvalue weighted by Gasteiger charge is -2.06. The average molecular weight is 268 g/mol. The Bertz CT molecular complexity index is 786. The van der Waals surface area contributed by atoms with Gasteiger partial charge in [-0.2, -0.15) is 5.26 Å². The fourth-order valence-corrected chi connectivity index (χ4v) is 1.15. The molecule has 0 aliphatic rings. The summed E-state index contributed by atoms with van der Waals surface area (Å²) in [5.74, 6) is -0.485. The lowest BCUT2D eigenvalue weighted by Crippen LogP contribution is -1.85. The van der Waals surface area contributed by atoms with E-state index < -0.39 is 28.6 Å². The number of nitriles is 1. The maximum absolute atomic E-state index is 8.88. The standard InChI is InChI=1S/C6N14/c7-1-2-3(13-17-8)4(14-18-9)5(15-19-10)6(12-2)16-20-11. The zero-order chi connectivity index (χ0) is 15.0. The second kappa shape index (κ2) is 6.58. The van der Waals surface area contributed by atoms with Gasteiger partial charge in [-0.25, -0.2) is 4.98 Å². The Morgan fingerprint density at radius 3 is 1.80 bits per heavy atom. The molecule has 1 aromatic heterocycles. The molecule has 1 aromatic rings. The second-order valence-electron chi connectivity index (χ2n) is 2.70. The van der Waals surface area contributed by atoms with Gasteiger partial charge in [0.25, 0.3) is 0 Å². The Morgan fingerprint density at radius 2 is 1.30 bits per heavy atom. The van der Waals surface area contributed by atoms with Crippen LogP contribution in [0.5, 0.6) is 0 Å². The first-order valence-electron chi connectivity index (χ1n) is 4.42. The summed E-state index contributed by atoms with van der Waals surface area (Å²) in [7, 11) is 0. The van der Waals surface area contributed by atoms with Crippen molar-refractivity contribution in [1.29, 1.82) is 5.26 Å². The molecule has 0 saturated carbocycles. The third kappa shape index (κ3) is 2.58. The van der Waals surface area contributed by atoms with E-state index >= 15 is 0 Å². The lowest BCUT2D eigenvalue weighted by molar-refractivity contribution is 1.18. The first kappa shape index (κ1) is 13.9. The number of azide groups is 4. The van der Waals surface area contributed by atoms with Crippen LogP contribution in [0.4, 0.5) is 22.9 Å². The maximum atomic E-state index is 8.88. The van der Waals surface area contributed by atoms with E-state index in [9.17, 15) is 0 Å². The summed E-state index contributed by atoms with van der Waals surface area (Å²) in [6.07, 6.45) is 0. The molecule has 0 radical (unpaired) electrons. The van der Waals surface area contributed by atoms with Gasteiger partial charge in [-0.05, 0) is 27.2 Å². The van der Waals surface area contributed by atoms with Gasteiger partial charge < -0.3 is 0 Å². The van der Waals surface area contributed by atoms with Crippen LogP contribution in [0.2, 0.25) is 0 Å². The number of rotatable bonds is 4. The van der Waals surface area contributed by atoms with Crippen LogP contribution in [-0.2, 0) is 0 Å². The predicted molar refractivity (Wildman–Crippen MR) is 64.2 cm³/mol. The topological polar surface area (TPSA) is 232 Å². The van der Waals surface area contributed by atoms with Crippen LogP contribution in [0.25, 0.3) is 41.8 Å². The largest absolute Gasteiger partial charge is 0.234 e. The van der Waals surface area contributed by atoms with Gasteiger partial charge in [-0.15, -0.1) is 0 Å². The SMILES string of the molecule is N#Cc1nc(N=[N+]=[N-])c(N=[N+]=[N-])c(N=[N+]=[N-])c1N=[N+]=[N-]. The molecule has 14 nitrogen and oxygen atoms in total. The van der Waals surface area contributed by atoms with Gasteiger partial charge in [-0.3, -0.25) is 0 Å². The molecule has 14 heteroatoms. The Kier molecular flexibility index (Phi) is 4.58. The van der Waals surface area contributed by atoms with E-state index in [-0.39, 0.29) is 0 Å². The molecule has 0 aliphatic heterocycles. The number of aromatic nitrogens is 1. The summed E-state index contributed by atoms with van der Waals surface area (Å²) in [5.41, 5.74) is 31.9. The van der Waals surface area contributed by atoms with E-state index in [0.717, 1.165) is 0 Å². The first-order chi connectivity index (χ1) is 9.73. The first-order valence-corrected chi connectivity index (χ1v) is 4.42. The molecule has 0 N–H and O–H groups in total. The zero-order valence-corrected chi connectivity index (χ0v) is 9.26. The smallest absolute Gasteiger partial charge is 0.151 e. The molecule has 0 unspecified atom stereocenters. The Hall–Kier alpha value is -4.12. The fraction of sp³-hybridized carbons (Fsp3) is 0. The van der Waals surface area contributed by atoms with E-state index in [1.807, 2.05) is 0 Å². The summed E-state index contributed by atoms with van der Waals surface area (Å²) >= 11 is 0. The van der Waals surface area contributed by atoms with Crippen molar-refractivity contribution in [3.05, 3.63) is 47.5 Å². The van der Waals surface area contributed by atoms with Crippen molar-refractivity contribution >= 4 is 22.9 Å². The highest BCUT2D eigenvalue weighted by Gasteiger charge is 2.16. The Labute approximate surface area is 108 Å². The molecule has 0 saturated heterocycles. The molecule has 94 valence electrons. The number of hydrogen-bond donors (Lipinski definition) is 0. The van der Waals surface area contributed by atoms with E-state index in [1.54, 1.807) is 6.07 Å². The second-order valence-corrected chi connectivity index (χ2v) is 2.70. The highest BCUT2D eigenvalue weighted by molar-refractivity contribution is 5.84. The van der Waals surface area contributed by atoms with Gasteiger partial charge in [0.05, 0.1) is 17.1 Å². The monoisotopic (exact) mass is 268 g/mol. The third-order valence-electron chi connectivity index (χ3n) is 1.78. The minimum Gasteiger partial charge on any atom is -0.234 e. The normalized spacial score (nSPS) is 7.95. The molecular weight excluding hydrogens is 268 g/mol. The maximum Gasteiger partial charge on any atom is 0.151 e. The number of pyridine rings is 1. The molecule has 1 rings (SSSR count). The predicted octanol–water partition coefficient (Wildman–Crippen LogP) is 4.72. The molecule has 0 atom stereocenters. The van der Waals surface area contributed by atoms with Gasteiger partial charge >= 0.3 is 0 Å². The molecule has 0 bridgehead atoms. The van der Waals surface area contributed by atoms with Crippen LogP contribution in [0.3, 0.4) is 0 Å². The summed E-state index contributed by atoms with van der Waals surface area (Å²) < 4.78 is 0. The molecule has 0 aromatic carbocycles. The molecule has 0 spiro atoms. The summed E-state index contributed by atoms with van der Waals surface area (Å²) in [6, 6.07) is 1.57. The molecule has 0 fully saturated rings. The van der Waals surface area contributed by atoms with Crippen LogP contribution >= 0.6 is 0 Å². The van der Waals surface area contributed by atoms with E-state index in [2.05, 4.69) is 45.1 Å². The highest BCUT2D eigenvalue weighted by Crippen LogP contribution is 2.45. The van der Waals surface area contributed by atoms with E-state index in [1.165, 1.54) is 0 Å². The van der Waals surface area contributed by atoms with Crippen molar-refractivity contribution in [3.63, 3.8) is 0 Å². The van der Waals surface area contributed by atoms with Crippen LogP contribution in [0.1, 0.15) is 5.69 Å². The van der Waals surface area contributed by atoms with Crippen molar-refractivity contribution in [2.24, 2.45) is 20.5 Å². The quantitative estimate of drug-likeness (QED) is 0.427. The molecule has 0 aliphatic carbocycles. The third-order valence-corrected chi connectivity index (χ3v) is 1.78. The van der Waals surface area contributed by atoms with Gasteiger partial charge in [-0.1, -0.05) is 15.3 Å². The summed E-state index contributed by atoms with van der Waals surface area (Å²) in [5, 5.41) is 21.5. The van der Waals surface area contributed by atoms with E-state index in [4.69, 9.17) is 27.4 Å². The van der Waals surface area contributed by atoms with Crippen molar-refractivity contribution in [3.8, 4) is 6.07 Å². The number of nitrogens with zero attached hydrogens (tertiary/aromatic N) is 14. The summed E-state index contributed by atoms with van der Waals surface area (Å²) in [4.78, 5) is 13.3. The lowest BCUT2D eigenvalue weighted by atomic mass is 10.2. The average Bonchev–Trinajstić information content (AvgIpc) is 2.45. The van der Waals surface area contributed by atoms with Gasteiger partial charge in [0.2, 0.25) is 0 Å². The Balaban J connectivity index is 4.05. The van der Waals surface area contributed by atoms with Crippen molar-refractivity contribution < 1.29 is 0 Å². The molecular formula is C6N14. The van der Waals surface area contributed by atoms with E-state index in [0.29, 0.717) is 0 Å². The molecule has 1 heterocycles. The minimum absolute atomic E-state index is 0.438. The zero-order valence-electron chi connectivity index (χ0n) is 9.26. The highest BCUT2D eigenvalue weighted by atomic mass is 15.2. The van der Waals surface area contributed by atoms with Crippen molar-refractivity contribution in [2.45, 2.75) is 0 Å². The number of hydrogen-bond acceptors (Lipinski definition) is 6. The van der Waals surface area contributed by atoms with Gasteiger partial charge in [0.15, 0.2) is 5.69 Å². The Morgan fingerprint density at radius 1 is 0.800 bits per heavy atom. The van der Waals surface area contributed by atoms with Crippen molar-refractivity contribution in [2.75, 3.05) is 0 Å². The summed E-state index contributed by atoms with van der Waals surface area (Å²) in [6.45, 7) is 0. The minimum atomic E-state index is -0.485. The van der Waals surface area contributed by atoms with Gasteiger partial charge in [0.1, 0.15) is 11.9 Å². The molecule has 0 amide bonds. The van der Waals surface area contributed by atoms with Crippen molar-refractivity contribution in [1.82, 2.24) is 4.98 Å². The van der Waals surface area contributed by atoms with Crippen LogP contribution in [0.15, 0.2) is 20.5 Å².